The highest BCUT2D eigenvalue weighted by Crippen LogP contribution is 2.14. The van der Waals surface area contributed by atoms with Gasteiger partial charge in [-0.25, -0.2) is 4.79 Å². The summed E-state index contributed by atoms with van der Waals surface area (Å²) in [4.78, 5) is 35.8. The number of hydrogen-bond donors (Lipinski definition) is 4. The molecule has 30 heavy (non-hydrogen) atoms. The average molecular weight is 412 g/mol. The third-order valence-corrected chi connectivity index (χ3v) is 4.70. The molecule has 0 saturated carbocycles. The van der Waals surface area contributed by atoms with Crippen LogP contribution in [0, 0.1) is 19.8 Å². The predicted octanol–water partition coefficient (Wildman–Crippen LogP) is 3.58. The van der Waals surface area contributed by atoms with Gasteiger partial charge in [-0.3, -0.25) is 9.59 Å². The van der Waals surface area contributed by atoms with Gasteiger partial charge in [-0.2, -0.15) is 0 Å². The number of amides is 2. The van der Waals surface area contributed by atoms with Gasteiger partial charge in [0.25, 0.3) is 5.91 Å². The second-order valence-corrected chi connectivity index (χ2v) is 7.77. The zero-order valence-electron chi connectivity index (χ0n) is 17.8. The maximum Gasteiger partial charge on any atom is 0.326 e. The Kier molecular flexibility index (Phi) is 7.98. The number of anilines is 2. The number of benzene rings is 2. The van der Waals surface area contributed by atoms with Gasteiger partial charge in [0, 0.05) is 16.9 Å². The van der Waals surface area contributed by atoms with Gasteiger partial charge in [0.2, 0.25) is 5.91 Å². The van der Waals surface area contributed by atoms with Crippen LogP contribution in [0.5, 0.6) is 0 Å². The van der Waals surface area contributed by atoms with Crippen LogP contribution < -0.4 is 16.0 Å². The third kappa shape index (κ3) is 6.92. The Morgan fingerprint density at radius 1 is 0.933 bits per heavy atom. The molecule has 0 aliphatic rings. The van der Waals surface area contributed by atoms with Crippen LogP contribution in [0.1, 0.15) is 41.8 Å². The molecule has 0 radical (unpaired) electrons. The van der Waals surface area contributed by atoms with Crippen LogP contribution in [0.15, 0.2) is 42.5 Å². The Bertz CT molecular complexity index is 907. The third-order valence-electron chi connectivity index (χ3n) is 4.70. The van der Waals surface area contributed by atoms with E-state index in [-0.39, 0.29) is 18.4 Å². The van der Waals surface area contributed by atoms with Gasteiger partial charge in [-0.15, -0.1) is 0 Å². The molecule has 2 aromatic carbocycles. The highest BCUT2D eigenvalue weighted by Gasteiger charge is 2.21. The standard InChI is InChI=1S/C23H29N3O4/c1-14(2)11-20(23(29)30)26-22(28)17-6-9-18(10-7-17)25-21(27)13-24-19-8-5-15(3)16(4)12-19/h5-10,12,14,20,24H,11,13H2,1-4H3,(H,25,27)(H,26,28)(H,29,30). The largest absolute Gasteiger partial charge is 0.480 e. The molecular weight excluding hydrogens is 382 g/mol. The van der Waals surface area contributed by atoms with Crippen LogP contribution in [0.4, 0.5) is 11.4 Å². The molecule has 0 heterocycles. The Balaban J connectivity index is 1.89. The number of aliphatic carboxylic acids is 1. The van der Waals surface area contributed by atoms with Crippen molar-refractivity contribution in [3.63, 3.8) is 0 Å². The van der Waals surface area contributed by atoms with E-state index in [1.165, 1.54) is 5.56 Å². The summed E-state index contributed by atoms with van der Waals surface area (Å²) in [5.41, 5.74) is 4.09. The molecule has 0 bridgehead atoms. The molecule has 1 unspecified atom stereocenters. The lowest BCUT2D eigenvalue weighted by atomic mass is 10.0. The van der Waals surface area contributed by atoms with Gasteiger partial charge >= 0.3 is 5.97 Å². The summed E-state index contributed by atoms with van der Waals surface area (Å²) in [5.74, 6) is -1.59. The number of aryl methyl sites for hydroxylation is 2. The molecule has 4 N–H and O–H groups in total. The molecule has 0 saturated heterocycles. The first-order chi connectivity index (χ1) is 14.2. The second-order valence-electron chi connectivity index (χ2n) is 7.77. The minimum atomic E-state index is -1.06. The molecule has 2 rings (SSSR count). The molecule has 1 atom stereocenters. The van der Waals surface area contributed by atoms with E-state index in [0.29, 0.717) is 17.7 Å². The summed E-state index contributed by atoms with van der Waals surface area (Å²) < 4.78 is 0. The fourth-order valence-electron chi connectivity index (χ4n) is 2.88. The van der Waals surface area contributed by atoms with Crippen molar-refractivity contribution in [2.45, 2.75) is 40.2 Å². The molecule has 0 aliphatic heterocycles. The second kappa shape index (κ2) is 10.4. The van der Waals surface area contributed by atoms with Gasteiger partial charge in [0.1, 0.15) is 6.04 Å². The Labute approximate surface area is 176 Å². The van der Waals surface area contributed by atoms with E-state index in [4.69, 9.17) is 0 Å². The van der Waals surface area contributed by atoms with E-state index in [0.717, 1.165) is 11.3 Å². The number of carboxylic acid groups (broad SMARTS) is 1. The minimum absolute atomic E-state index is 0.111. The lowest BCUT2D eigenvalue weighted by Crippen LogP contribution is -2.41. The number of carbonyl (C=O) groups is 3. The van der Waals surface area contributed by atoms with E-state index in [1.54, 1.807) is 24.3 Å². The lowest BCUT2D eigenvalue weighted by molar-refractivity contribution is -0.139. The van der Waals surface area contributed by atoms with Crippen LogP contribution in [0.3, 0.4) is 0 Å². The van der Waals surface area contributed by atoms with E-state index in [2.05, 4.69) is 16.0 Å². The first-order valence-corrected chi connectivity index (χ1v) is 9.90. The summed E-state index contributed by atoms with van der Waals surface area (Å²) in [7, 11) is 0. The van der Waals surface area contributed by atoms with Gasteiger partial charge in [-0.05, 0) is 73.7 Å². The van der Waals surface area contributed by atoms with Crippen LogP contribution in [0.25, 0.3) is 0 Å². The molecule has 7 nitrogen and oxygen atoms in total. The summed E-state index contributed by atoms with van der Waals surface area (Å²) in [6.45, 7) is 7.95. The number of carbonyl (C=O) groups excluding carboxylic acids is 2. The molecule has 0 aromatic heterocycles. The van der Waals surface area contributed by atoms with Crippen LogP contribution in [-0.4, -0.2) is 35.5 Å². The summed E-state index contributed by atoms with van der Waals surface area (Å²) >= 11 is 0. The van der Waals surface area contributed by atoms with Crippen molar-refractivity contribution < 1.29 is 19.5 Å². The zero-order valence-corrected chi connectivity index (χ0v) is 17.8. The van der Waals surface area contributed by atoms with E-state index in [9.17, 15) is 19.5 Å². The predicted molar refractivity (Wildman–Crippen MR) is 118 cm³/mol. The number of rotatable bonds is 9. The number of nitrogens with one attached hydrogen (secondary N) is 3. The maximum atomic E-state index is 12.3. The molecule has 0 spiro atoms. The number of carboxylic acids is 1. The average Bonchev–Trinajstić information content (AvgIpc) is 2.68. The normalized spacial score (nSPS) is 11.6. The number of hydrogen-bond acceptors (Lipinski definition) is 4. The van der Waals surface area contributed by atoms with E-state index >= 15 is 0 Å². The topological polar surface area (TPSA) is 108 Å². The summed E-state index contributed by atoms with van der Waals surface area (Å²) in [6.07, 6.45) is 0.350. The van der Waals surface area contributed by atoms with Crippen molar-refractivity contribution in [3.8, 4) is 0 Å². The molecule has 0 fully saturated rings. The monoisotopic (exact) mass is 411 g/mol. The van der Waals surface area contributed by atoms with Crippen molar-refractivity contribution in [1.82, 2.24) is 5.32 Å². The zero-order chi connectivity index (χ0) is 22.3. The Morgan fingerprint density at radius 3 is 2.13 bits per heavy atom. The maximum absolute atomic E-state index is 12.3. The Morgan fingerprint density at radius 2 is 1.57 bits per heavy atom. The SMILES string of the molecule is Cc1ccc(NCC(=O)Nc2ccc(C(=O)NC(CC(C)C)C(=O)O)cc2)cc1C. The van der Waals surface area contributed by atoms with Gasteiger partial charge in [0.15, 0.2) is 0 Å². The molecule has 160 valence electrons. The first-order valence-electron chi connectivity index (χ1n) is 9.90. The molecule has 2 aromatic rings. The Hall–Kier alpha value is -3.35. The fraction of sp³-hybridized carbons (Fsp3) is 0.348. The smallest absolute Gasteiger partial charge is 0.326 e. The van der Waals surface area contributed by atoms with Crippen LogP contribution in [0.2, 0.25) is 0 Å². The van der Waals surface area contributed by atoms with E-state index < -0.39 is 17.9 Å². The van der Waals surface area contributed by atoms with Crippen molar-refractivity contribution in [3.05, 3.63) is 59.2 Å². The van der Waals surface area contributed by atoms with Gasteiger partial charge < -0.3 is 21.1 Å². The highest BCUT2D eigenvalue weighted by atomic mass is 16.4. The fourth-order valence-corrected chi connectivity index (χ4v) is 2.88. The first kappa shape index (κ1) is 22.9. The highest BCUT2D eigenvalue weighted by molar-refractivity contribution is 5.98. The summed E-state index contributed by atoms with van der Waals surface area (Å²) in [6, 6.07) is 11.3. The van der Waals surface area contributed by atoms with Crippen molar-refractivity contribution in [2.24, 2.45) is 5.92 Å². The lowest BCUT2D eigenvalue weighted by Gasteiger charge is -2.16. The van der Waals surface area contributed by atoms with Gasteiger partial charge in [0.05, 0.1) is 6.54 Å². The van der Waals surface area contributed by atoms with Crippen LogP contribution in [-0.2, 0) is 9.59 Å². The van der Waals surface area contributed by atoms with Crippen molar-refractivity contribution >= 4 is 29.2 Å². The molecular formula is C23H29N3O4. The van der Waals surface area contributed by atoms with Crippen molar-refractivity contribution in [2.75, 3.05) is 17.2 Å². The van der Waals surface area contributed by atoms with Crippen LogP contribution >= 0.6 is 0 Å². The molecule has 7 heteroatoms. The van der Waals surface area contributed by atoms with Gasteiger partial charge in [-0.1, -0.05) is 19.9 Å². The molecule has 2 amide bonds. The molecule has 0 aliphatic carbocycles. The quantitative estimate of drug-likeness (QED) is 0.504. The minimum Gasteiger partial charge on any atom is -0.480 e. The van der Waals surface area contributed by atoms with E-state index in [1.807, 2.05) is 45.9 Å². The van der Waals surface area contributed by atoms with Crippen molar-refractivity contribution in [1.29, 1.82) is 0 Å². The summed E-state index contributed by atoms with van der Waals surface area (Å²) in [5, 5.41) is 17.6.